The lowest BCUT2D eigenvalue weighted by atomic mass is 9.76. The van der Waals surface area contributed by atoms with Crippen LogP contribution >= 0.6 is 0 Å². The van der Waals surface area contributed by atoms with Gasteiger partial charge in [-0.3, -0.25) is 9.59 Å². The van der Waals surface area contributed by atoms with Crippen molar-refractivity contribution in [3.63, 3.8) is 0 Å². The summed E-state index contributed by atoms with van der Waals surface area (Å²) in [4.78, 5) is 29.4. The number of likely N-dealkylation sites (tertiary alicyclic amines) is 2. The van der Waals surface area contributed by atoms with E-state index in [-0.39, 0.29) is 74.2 Å². The number of piperidine rings is 1. The maximum atomic E-state index is 16.8. The highest BCUT2D eigenvalue weighted by Crippen LogP contribution is 2.46. The Morgan fingerprint density at radius 2 is 1.84 bits per heavy atom. The number of rotatable bonds is 8. The predicted octanol–water partition coefficient (Wildman–Crippen LogP) is 4.23. The normalized spacial score (nSPS) is 29.4. The van der Waals surface area contributed by atoms with Crippen LogP contribution in [0.25, 0.3) is 0 Å². The predicted molar refractivity (Wildman–Crippen MR) is 154 cm³/mol. The molecule has 1 N–H and O–H groups in total. The van der Waals surface area contributed by atoms with Gasteiger partial charge in [0.05, 0.1) is 32.3 Å². The molecule has 13 heteroatoms. The van der Waals surface area contributed by atoms with E-state index in [1.807, 2.05) is 4.90 Å². The van der Waals surface area contributed by atoms with Crippen molar-refractivity contribution in [1.29, 1.82) is 0 Å². The number of nitrogens with one attached hydrogen (secondary N) is 1. The van der Waals surface area contributed by atoms with Crippen molar-refractivity contribution in [1.82, 2.24) is 15.1 Å². The van der Waals surface area contributed by atoms with Crippen LogP contribution in [-0.2, 0) is 19.1 Å². The van der Waals surface area contributed by atoms with Crippen molar-refractivity contribution in [2.45, 2.75) is 37.0 Å². The van der Waals surface area contributed by atoms with E-state index < -0.39 is 41.0 Å². The zero-order valence-corrected chi connectivity index (χ0v) is 25.7. The van der Waals surface area contributed by atoms with Gasteiger partial charge in [0.1, 0.15) is 11.6 Å². The van der Waals surface area contributed by atoms with Gasteiger partial charge in [0.15, 0.2) is 0 Å². The Hall–Kier alpha value is -3.19. The lowest BCUT2D eigenvalue weighted by Gasteiger charge is -2.41. The highest BCUT2D eigenvalue weighted by atomic mass is 19.4. The number of halogens is 5. The van der Waals surface area contributed by atoms with Gasteiger partial charge < -0.3 is 29.3 Å². The molecule has 1 aromatic rings. The third-order valence-corrected chi connectivity index (χ3v) is 9.89. The van der Waals surface area contributed by atoms with E-state index in [9.17, 15) is 22.8 Å². The Kier molecular flexibility index (Phi) is 9.79. The largest absolute Gasteiger partial charge is 0.497 e. The first-order chi connectivity index (χ1) is 21.4. The van der Waals surface area contributed by atoms with Crippen LogP contribution in [0.15, 0.2) is 41.6 Å². The van der Waals surface area contributed by atoms with Gasteiger partial charge in [0.2, 0.25) is 5.67 Å². The van der Waals surface area contributed by atoms with E-state index in [0.29, 0.717) is 31.6 Å². The van der Waals surface area contributed by atoms with Gasteiger partial charge in [0.25, 0.3) is 5.91 Å². The zero-order chi connectivity index (χ0) is 32.5. The summed E-state index contributed by atoms with van der Waals surface area (Å²) < 4.78 is 88.8. The molecule has 0 spiro atoms. The van der Waals surface area contributed by atoms with E-state index in [4.69, 9.17) is 14.2 Å². The second-order valence-electron chi connectivity index (χ2n) is 12.4. The first-order valence-electron chi connectivity index (χ1n) is 15.2. The minimum Gasteiger partial charge on any atom is -0.497 e. The third kappa shape index (κ3) is 6.56. The van der Waals surface area contributed by atoms with Crippen molar-refractivity contribution >= 4 is 11.9 Å². The SMILES string of the molecule is COC[C@H]1CN(C(=O)[C@]2(F)CNC[C@H]2c2ccc(OC)cc2F)C[C@@H]1C1CC=C(C(F)(F)F)C=C1N1CCC(C(=O)OC)CC1. The third-order valence-electron chi connectivity index (χ3n) is 9.89. The summed E-state index contributed by atoms with van der Waals surface area (Å²) in [5.41, 5.74) is -2.59. The molecule has 3 saturated heterocycles. The molecule has 8 nitrogen and oxygen atoms in total. The van der Waals surface area contributed by atoms with Crippen molar-refractivity contribution in [2.24, 2.45) is 23.7 Å². The van der Waals surface area contributed by atoms with Gasteiger partial charge in [-0.1, -0.05) is 12.1 Å². The highest BCUT2D eigenvalue weighted by molar-refractivity contribution is 5.87. The number of nitrogens with zero attached hydrogens (tertiary/aromatic N) is 2. The fourth-order valence-corrected chi connectivity index (χ4v) is 7.51. The maximum absolute atomic E-state index is 16.8. The van der Waals surface area contributed by atoms with Gasteiger partial charge in [-0.2, -0.15) is 13.2 Å². The van der Waals surface area contributed by atoms with Gasteiger partial charge >= 0.3 is 12.1 Å². The molecule has 5 atom stereocenters. The van der Waals surface area contributed by atoms with Crippen LogP contribution < -0.4 is 10.1 Å². The number of benzene rings is 1. The van der Waals surface area contributed by atoms with Crippen molar-refractivity contribution in [2.75, 3.05) is 67.2 Å². The standard InChI is InChI=1S/C32H40F5N3O5/c1-43-17-20-15-40(30(42)31(34)18-38-14-26(31)24-7-5-22(44-2)13-27(24)33)16-25(20)23-6-4-21(32(35,36)37)12-28(23)39-10-8-19(9-11-39)29(41)45-3/h4-5,7,12-13,19-20,23,25-26,38H,6,8-11,14-18H2,1-3H3/t20-,23?,25+,26+,31+/m1/s1. The van der Waals surface area contributed by atoms with Gasteiger partial charge in [-0.15, -0.1) is 0 Å². The summed E-state index contributed by atoms with van der Waals surface area (Å²) in [6.45, 7) is 1.03. The van der Waals surface area contributed by atoms with Crippen LogP contribution in [0.4, 0.5) is 22.0 Å². The Morgan fingerprint density at radius 1 is 1.11 bits per heavy atom. The molecule has 3 heterocycles. The number of methoxy groups -OCH3 is 3. The fraction of sp³-hybridized carbons (Fsp3) is 0.625. The summed E-state index contributed by atoms with van der Waals surface area (Å²) in [5, 5.41) is 2.91. The van der Waals surface area contributed by atoms with Gasteiger partial charge in [-0.25, -0.2) is 8.78 Å². The monoisotopic (exact) mass is 641 g/mol. The lowest BCUT2D eigenvalue weighted by molar-refractivity contribution is -0.147. The molecule has 1 aromatic carbocycles. The number of hydrogen-bond acceptors (Lipinski definition) is 7. The van der Waals surface area contributed by atoms with Crippen molar-refractivity contribution in [3.05, 3.63) is 53.0 Å². The highest BCUT2D eigenvalue weighted by Gasteiger charge is 2.55. The molecule has 0 radical (unpaired) electrons. The van der Waals surface area contributed by atoms with Crippen LogP contribution in [0.5, 0.6) is 5.75 Å². The van der Waals surface area contributed by atoms with Crippen LogP contribution in [-0.4, -0.2) is 101 Å². The molecule has 4 aliphatic rings. The van der Waals surface area contributed by atoms with Crippen LogP contribution in [0.1, 0.15) is 30.7 Å². The molecular weight excluding hydrogens is 601 g/mol. The number of alkyl halides is 4. The molecule has 248 valence electrons. The summed E-state index contributed by atoms with van der Waals surface area (Å²) in [6, 6.07) is 4.11. The Bertz CT molecular complexity index is 1330. The smallest absolute Gasteiger partial charge is 0.416 e. The summed E-state index contributed by atoms with van der Waals surface area (Å²) in [6.07, 6.45) is -1.19. The number of hydrogen-bond donors (Lipinski definition) is 1. The quantitative estimate of drug-likeness (QED) is 0.337. The minimum atomic E-state index is -4.54. The van der Waals surface area contributed by atoms with Crippen LogP contribution in [0.2, 0.25) is 0 Å². The number of amides is 1. The summed E-state index contributed by atoms with van der Waals surface area (Å²) in [5.74, 6) is -3.89. The number of carbonyl (C=O) groups excluding carboxylic acids is 2. The Balaban J connectivity index is 1.40. The number of carbonyl (C=O) groups is 2. The molecular formula is C32H40F5N3O5. The molecule has 0 saturated carbocycles. The minimum absolute atomic E-state index is 0.0618. The molecule has 3 fully saturated rings. The number of ether oxygens (including phenoxy) is 3. The molecule has 3 aliphatic heterocycles. The molecule has 0 bridgehead atoms. The number of esters is 1. The second-order valence-corrected chi connectivity index (χ2v) is 12.4. The molecule has 45 heavy (non-hydrogen) atoms. The molecule has 5 rings (SSSR count). The van der Waals surface area contributed by atoms with Crippen LogP contribution in [0.3, 0.4) is 0 Å². The van der Waals surface area contributed by atoms with Crippen LogP contribution in [0, 0.1) is 29.5 Å². The molecule has 1 amide bonds. The van der Waals surface area contributed by atoms with E-state index in [1.54, 1.807) is 0 Å². The van der Waals surface area contributed by atoms with Gasteiger partial charge in [0, 0.05) is 75.9 Å². The van der Waals surface area contributed by atoms with E-state index in [1.165, 1.54) is 50.5 Å². The van der Waals surface area contributed by atoms with Gasteiger partial charge in [-0.05, 0) is 42.9 Å². The average molecular weight is 642 g/mol. The maximum Gasteiger partial charge on any atom is 0.416 e. The topological polar surface area (TPSA) is 80.3 Å². The molecule has 1 unspecified atom stereocenters. The van der Waals surface area contributed by atoms with Crippen molar-refractivity contribution in [3.8, 4) is 5.75 Å². The van der Waals surface area contributed by atoms with E-state index in [2.05, 4.69) is 5.32 Å². The summed E-state index contributed by atoms with van der Waals surface area (Å²) in [7, 11) is 4.22. The first kappa shape index (κ1) is 33.2. The van der Waals surface area contributed by atoms with E-state index >= 15 is 8.78 Å². The Morgan fingerprint density at radius 3 is 2.47 bits per heavy atom. The molecule has 1 aliphatic carbocycles. The Labute approximate surface area is 259 Å². The fourth-order valence-electron chi connectivity index (χ4n) is 7.51. The molecule has 0 aromatic heterocycles. The second kappa shape index (κ2) is 13.3. The number of allylic oxidation sites excluding steroid dienone is 4. The van der Waals surface area contributed by atoms with Crippen molar-refractivity contribution < 1.29 is 45.8 Å². The first-order valence-corrected chi connectivity index (χ1v) is 15.2. The zero-order valence-electron chi connectivity index (χ0n) is 25.7. The lowest BCUT2D eigenvalue weighted by Crippen LogP contribution is -2.50. The summed E-state index contributed by atoms with van der Waals surface area (Å²) >= 11 is 0. The van der Waals surface area contributed by atoms with E-state index in [0.717, 1.165) is 6.07 Å². The average Bonchev–Trinajstić information content (AvgIpc) is 3.63.